The normalized spacial score (nSPS) is 11.8. The van der Waals surface area contributed by atoms with Crippen LogP contribution in [0, 0.1) is 17.1 Å². The van der Waals surface area contributed by atoms with Gasteiger partial charge >= 0.3 is 0 Å². The van der Waals surface area contributed by atoms with Gasteiger partial charge in [0.2, 0.25) is 0 Å². The third kappa shape index (κ3) is 3.68. The van der Waals surface area contributed by atoms with Gasteiger partial charge in [-0.05, 0) is 58.7 Å². The predicted molar refractivity (Wildman–Crippen MR) is 87.3 cm³/mol. The van der Waals surface area contributed by atoms with Crippen molar-refractivity contribution in [2.75, 3.05) is 5.32 Å². The Morgan fingerprint density at radius 3 is 2.57 bits per heavy atom. The van der Waals surface area contributed by atoms with Crippen molar-refractivity contribution in [2.45, 2.75) is 13.0 Å². The molecule has 0 heterocycles. The quantitative estimate of drug-likeness (QED) is 0.661. The van der Waals surface area contributed by atoms with E-state index in [0.717, 1.165) is 10.2 Å². The Hall–Kier alpha value is -1.28. The van der Waals surface area contributed by atoms with Gasteiger partial charge in [0.1, 0.15) is 5.82 Å². The van der Waals surface area contributed by atoms with Gasteiger partial charge in [0.25, 0.3) is 0 Å². The zero-order chi connectivity index (χ0) is 15.6. The van der Waals surface area contributed by atoms with Gasteiger partial charge in [0.15, 0.2) is 0 Å². The van der Waals surface area contributed by atoms with E-state index >= 15 is 0 Å². The second-order valence-corrected chi connectivity index (χ2v) is 6.13. The average Bonchev–Trinajstić information content (AvgIpc) is 2.44. The van der Waals surface area contributed by atoms with Gasteiger partial charge in [-0.2, -0.15) is 5.26 Å². The minimum atomic E-state index is -0.511. The molecule has 1 unspecified atom stereocenters. The first-order valence-electron chi connectivity index (χ1n) is 6.03. The van der Waals surface area contributed by atoms with E-state index in [-0.39, 0.29) is 11.1 Å². The van der Waals surface area contributed by atoms with E-state index in [1.807, 2.05) is 6.92 Å². The van der Waals surface area contributed by atoms with Crippen molar-refractivity contribution in [3.63, 3.8) is 0 Å². The zero-order valence-electron chi connectivity index (χ0n) is 10.9. The van der Waals surface area contributed by atoms with Crippen LogP contribution in [0.3, 0.4) is 0 Å². The molecular weight excluding hydrogens is 378 g/mol. The molecule has 0 fully saturated rings. The maximum atomic E-state index is 13.6. The summed E-state index contributed by atoms with van der Waals surface area (Å²) in [5, 5.41) is 12.4. The Bertz CT molecular complexity index is 728. The molecule has 6 heteroatoms. The maximum absolute atomic E-state index is 13.6. The molecule has 2 rings (SSSR count). The van der Waals surface area contributed by atoms with Gasteiger partial charge in [0.05, 0.1) is 22.7 Å². The van der Waals surface area contributed by atoms with E-state index < -0.39 is 5.82 Å². The lowest BCUT2D eigenvalue weighted by Gasteiger charge is -2.18. The molecule has 1 N–H and O–H groups in total. The number of rotatable bonds is 3. The van der Waals surface area contributed by atoms with Crippen LogP contribution in [0.2, 0.25) is 10.0 Å². The molecule has 0 aliphatic heterocycles. The number of nitrogens with zero attached hydrogens (tertiary/aromatic N) is 1. The van der Waals surface area contributed by atoms with Crippen LogP contribution < -0.4 is 5.32 Å². The third-order valence-electron chi connectivity index (χ3n) is 2.98. The SMILES string of the molecule is CC(Nc1ccc(C#N)cc1Br)c1cc(F)c(Cl)cc1Cl. The second kappa shape index (κ2) is 6.65. The Labute approximate surface area is 140 Å². The number of hydrogen-bond acceptors (Lipinski definition) is 2. The monoisotopic (exact) mass is 386 g/mol. The molecule has 0 aromatic heterocycles. The van der Waals surface area contributed by atoms with Crippen molar-refractivity contribution in [1.82, 2.24) is 0 Å². The lowest BCUT2D eigenvalue weighted by molar-refractivity contribution is 0.624. The lowest BCUT2D eigenvalue weighted by atomic mass is 10.1. The summed E-state index contributed by atoms with van der Waals surface area (Å²) in [7, 11) is 0. The van der Waals surface area contributed by atoms with Crippen LogP contribution in [0.5, 0.6) is 0 Å². The van der Waals surface area contributed by atoms with Gasteiger partial charge in [-0.3, -0.25) is 0 Å². The number of benzene rings is 2. The van der Waals surface area contributed by atoms with Crippen molar-refractivity contribution in [2.24, 2.45) is 0 Å². The standard InChI is InChI=1S/C15H10BrCl2FN2/c1-8(10-5-14(19)13(18)6-12(10)17)21-15-3-2-9(7-20)4-11(15)16/h2-6,8,21H,1H3. The highest BCUT2D eigenvalue weighted by Crippen LogP contribution is 2.32. The molecule has 0 saturated heterocycles. The van der Waals surface area contributed by atoms with Crippen molar-refractivity contribution in [3.05, 3.63) is 61.8 Å². The third-order valence-corrected chi connectivity index (χ3v) is 4.25. The summed E-state index contributed by atoms with van der Waals surface area (Å²) in [4.78, 5) is 0. The fraction of sp³-hybridized carbons (Fsp3) is 0.133. The number of hydrogen-bond donors (Lipinski definition) is 1. The van der Waals surface area contributed by atoms with Crippen molar-refractivity contribution < 1.29 is 4.39 Å². The van der Waals surface area contributed by atoms with Gasteiger partial charge in [-0.25, -0.2) is 4.39 Å². The first-order chi connectivity index (χ1) is 9.92. The van der Waals surface area contributed by atoms with E-state index in [9.17, 15) is 4.39 Å². The predicted octanol–water partition coefficient (Wildman–Crippen LogP) is 5.94. The number of nitrogens with one attached hydrogen (secondary N) is 1. The molecule has 0 amide bonds. The molecule has 0 bridgehead atoms. The first kappa shape index (κ1) is 16.1. The Morgan fingerprint density at radius 2 is 1.95 bits per heavy atom. The van der Waals surface area contributed by atoms with Crippen molar-refractivity contribution in [3.8, 4) is 6.07 Å². The number of nitriles is 1. The molecule has 2 aromatic carbocycles. The van der Waals surface area contributed by atoms with E-state index in [1.165, 1.54) is 12.1 Å². The van der Waals surface area contributed by atoms with Gasteiger partial charge < -0.3 is 5.32 Å². The Kier molecular flexibility index (Phi) is 5.10. The van der Waals surface area contributed by atoms with Crippen molar-refractivity contribution >= 4 is 44.8 Å². The average molecular weight is 388 g/mol. The van der Waals surface area contributed by atoms with Crippen LogP contribution in [0.1, 0.15) is 24.1 Å². The highest BCUT2D eigenvalue weighted by atomic mass is 79.9. The van der Waals surface area contributed by atoms with E-state index in [2.05, 4.69) is 27.3 Å². The highest BCUT2D eigenvalue weighted by Gasteiger charge is 2.14. The molecule has 0 radical (unpaired) electrons. The molecule has 0 aliphatic rings. The molecule has 2 nitrogen and oxygen atoms in total. The second-order valence-electron chi connectivity index (χ2n) is 4.46. The number of halogens is 4. The van der Waals surface area contributed by atoms with E-state index in [1.54, 1.807) is 18.2 Å². The fourth-order valence-corrected chi connectivity index (χ4v) is 2.92. The molecule has 108 valence electrons. The molecule has 0 spiro atoms. The van der Waals surface area contributed by atoms with Crippen LogP contribution in [-0.2, 0) is 0 Å². The lowest BCUT2D eigenvalue weighted by Crippen LogP contribution is -2.08. The molecule has 0 saturated carbocycles. The minimum Gasteiger partial charge on any atom is -0.378 e. The minimum absolute atomic E-state index is 0.00416. The largest absolute Gasteiger partial charge is 0.378 e. The summed E-state index contributed by atoms with van der Waals surface area (Å²) >= 11 is 15.2. The molecule has 21 heavy (non-hydrogen) atoms. The summed E-state index contributed by atoms with van der Waals surface area (Å²) in [6, 6.07) is 9.72. The summed E-state index contributed by atoms with van der Waals surface area (Å²) < 4.78 is 14.3. The summed E-state index contributed by atoms with van der Waals surface area (Å²) in [6.07, 6.45) is 0. The van der Waals surface area contributed by atoms with Gasteiger partial charge in [-0.1, -0.05) is 23.2 Å². The van der Waals surface area contributed by atoms with E-state index in [0.29, 0.717) is 16.1 Å². The Balaban J connectivity index is 2.28. The smallest absolute Gasteiger partial charge is 0.142 e. The summed E-state index contributed by atoms with van der Waals surface area (Å²) in [6.45, 7) is 1.86. The van der Waals surface area contributed by atoms with Crippen LogP contribution in [0.15, 0.2) is 34.8 Å². The molecule has 1 atom stereocenters. The van der Waals surface area contributed by atoms with Crippen LogP contribution in [0.4, 0.5) is 10.1 Å². The molecule has 0 aliphatic carbocycles. The van der Waals surface area contributed by atoms with E-state index in [4.69, 9.17) is 28.5 Å². The molecule has 2 aromatic rings. The van der Waals surface area contributed by atoms with Crippen molar-refractivity contribution in [1.29, 1.82) is 5.26 Å². The summed E-state index contributed by atoms with van der Waals surface area (Å²) in [5.74, 6) is -0.511. The number of anilines is 1. The fourth-order valence-electron chi connectivity index (χ4n) is 1.88. The van der Waals surface area contributed by atoms with Crippen LogP contribution >= 0.6 is 39.1 Å². The maximum Gasteiger partial charge on any atom is 0.142 e. The van der Waals surface area contributed by atoms with Gasteiger partial charge in [0, 0.05) is 15.2 Å². The van der Waals surface area contributed by atoms with Crippen LogP contribution in [0.25, 0.3) is 0 Å². The van der Waals surface area contributed by atoms with Gasteiger partial charge in [-0.15, -0.1) is 0 Å². The first-order valence-corrected chi connectivity index (χ1v) is 7.58. The summed E-state index contributed by atoms with van der Waals surface area (Å²) in [5.41, 5.74) is 1.94. The Morgan fingerprint density at radius 1 is 1.24 bits per heavy atom. The topological polar surface area (TPSA) is 35.8 Å². The highest BCUT2D eigenvalue weighted by molar-refractivity contribution is 9.10. The molecular formula is C15H10BrCl2FN2. The zero-order valence-corrected chi connectivity index (χ0v) is 14.0. The van der Waals surface area contributed by atoms with Crippen LogP contribution in [-0.4, -0.2) is 0 Å².